The Bertz CT molecular complexity index is 597. The van der Waals surface area contributed by atoms with Crippen LogP contribution >= 0.6 is 12.4 Å². The van der Waals surface area contributed by atoms with E-state index in [1.807, 2.05) is 19.2 Å². The highest BCUT2D eigenvalue weighted by Crippen LogP contribution is 2.25. The second kappa shape index (κ2) is 9.02. The molecule has 132 valence electrons. The third-order valence-corrected chi connectivity index (χ3v) is 6.54. The Kier molecular flexibility index (Phi) is 8.01. The van der Waals surface area contributed by atoms with Crippen LogP contribution in [0.2, 0.25) is 0 Å². The minimum Gasteiger partial charge on any atom is -0.319 e. The van der Waals surface area contributed by atoms with Crippen LogP contribution in [0, 0.1) is 5.92 Å². The molecule has 1 aromatic rings. The van der Waals surface area contributed by atoms with Crippen molar-refractivity contribution in [2.75, 3.05) is 26.7 Å². The summed E-state index contributed by atoms with van der Waals surface area (Å²) in [5.41, 5.74) is 2.39. The molecule has 1 aliphatic heterocycles. The number of piperidine rings is 1. The van der Waals surface area contributed by atoms with Gasteiger partial charge >= 0.3 is 0 Å². The summed E-state index contributed by atoms with van der Waals surface area (Å²) in [4.78, 5) is 0.452. The van der Waals surface area contributed by atoms with Gasteiger partial charge in [0.2, 0.25) is 10.0 Å². The number of nitrogens with one attached hydrogen (secondary N) is 1. The third-order valence-electron chi connectivity index (χ3n) is 4.64. The molecule has 0 aromatic heterocycles. The van der Waals surface area contributed by atoms with Gasteiger partial charge in [-0.2, -0.15) is 4.31 Å². The van der Waals surface area contributed by atoms with Crippen molar-refractivity contribution in [3.8, 4) is 0 Å². The van der Waals surface area contributed by atoms with Crippen LogP contribution in [0.5, 0.6) is 0 Å². The van der Waals surface area contributed by atoms with Crippen molar-refractivity contribution in [2.45, 2.75) is 44.4 Å². The predicted octanol–water partition coefficient (Wildman–Crippen LogP) is 2.85. The highest BCUT2D eigenvalue weighted by molar-refractivity contribution is 7.89. The summed E-state index contributed by atoms with van der Waals surface area (Å²) in [6, 6.07) is 5.61. The minimum atomic E-state index is -3.35. The molecule has 1 saturated heterocycles. The average molecular weight is 361 g/mol. The second-order valence-electron chi connectivity index (χ2n) is 6.04. The molecule has 0 unspecified atom stereocenters. The summed E-state index contributed by atoms with van der Waals surface area (Å²) in [5, 5.41) is 3.18. The first kappa shape index (κ1) is 20.4. The molecule has 0 bridgehead atoms. The van der Waals surface area contributed by atoms with Gasteiger partial charge in [0, 0.05) is 13.1 Å². The SMILES string of the molecule is CCc1ccc(S(=O)(=O)N2CCC(CNC)CC2)cc1CC.Cl. The molecule has 0 radical (unpaired) electrons. The van der Waals surface area contributed by atoms with Gasteiger partial charge in [-0.15, -0.1) is 12.4 Å². The van der Waals surface area contributed by atoms with Gasteiger partial charge in [-0.1, -0.05) is 19.9 Å². The normalized spacial score (nSPS) is 17.0. The van der Waals surface area contributed by atoms with Crippen molar-refractivity contribution in [1.29, 1.82) is 0 Å². The Hall–Kier alpha value is -0.620. The first-order valence-corrected chi connectivity index (χ1v) is 9.73. The van der Waals surface area contributed by atoms with Gasteiger partial charge in [-0.05, 0) is 68.5 Å². The summed E-state index contributed by atoms with van der Waals surface area (Å²) in [5.74, 6) is 0.588. The lowest BCUT2D eigenvalue weighted by atomic mass is 9.98. The first-order chi connectivity index (χ1) is 10.5. The van der Waals surface area contributed by atoms with Crippen LogP contribution in [-0.4, -0.2) is 39.4 Å². The highest BCUT2D eigenvalue weighted by atomic mass is 35.5. The Morgan fingerprint density at radius 1 is 1.13 bits per heavy atom. The molecule has 1 aromatic carbocycles. The van der Waals surface area contributed by atoms with Crippen molar-refractivity contribution < 1.29 is 8.42 Å². The standard InChI is InChI=1S/C17H28N2O2S.ClH/c1-4-15-6-7-17(12-16(15)5-2)22(20,21)19-10-8-14(9-11-19)13-18-3;/h6-7,12,14,18H,4-5,8-11,13H2,1-3H3;1H. The minimum absolute atomic E-state index is 0. The van der Waals surface area contributed by atoms with Crippen molar-refractivity contribution in [2.24, 2.45) is 5.92 Å². The molecular formula is C17H29ClN2O2S. The summed E-state index contributed by atoms with van der Waals surface area (Å²) >= 11 is 0. The number of hydrogen-bond donors (Lipinski definition) is 1. The average Bonchev–Trinajstić information content (AvgIpc) is 2.55. The summed E-state index contributed by atoms with van der Waals surface area (Å²) < 4.78 is 27.3. The Labute approximate surface area is 147 Å². The number of sulfonamides is 1. The van der Waals surface area contributed by atoms with Gasteiger partial charge in [0.05, 0.1) is 4.90 Å². The Morgan fingerprint density at radius 2 is 1.74 bits per heavy atom. The number of nitrogens with zero attached hydrogens (tertiary/aromatic N) is 1. The summed E-state index contributed by atoms with van der Waals surface area (Å²) in [7, 11) is -1.40. The molecule has 0 saturated carbocycles. The van der Waals surface area contributed by atoms with Crippen molar-refractivity contribution in [3.05, 3.63) is 29.3 Å². The zero-order valence-corrected chi connectivity index (χ0v) is 16.0. The maximum Gasteiger partial charge on any atom is 0.243 e. The summed E-state index contributed by atoms with van der Waals surface area (Å²) in [6.07, 6.45) is 3.69. The molecule has 0 aliphatic carbocycles. The Balaban J connectivity index is 0.00000264. The fourth-order valence-electron chi connectivity index (χ4n) is 3.23. The van der Waals surface area contributed by atoms with Crippen molar-refractivity contribution in [1.82, 2.24) is 9.62 Å². The number of hydrogen-bond acceptors (Lipinski definition) is 3. The van der Waals surface area contributed by atoms with Gasteiger partial charge in [-0.25, -0.2) is 8.42 Å². The fourth-order valence-corrected chi connectivity index (χ4v) is 4.75. The number of rotatable bonds is 6. The zero-order valence-electron chi connectivity index (χ0n) is 14.3. The van der Waals surface area contributed by atoms with E-state index in [9.17, 15) is 8.42 Å². The monoisotopic (exact) mass is 360 g/mol. The van der Waals surface area contributed by atoms with E-state index in [4.69, 9.17) is 0 Å². The molecule has 4 nitrogen and oxygen atoms in total. The van der Waals surface area contributed by atoms with Crippen molar-refractivity contribution >= 4 is 22.4 Å². The van der Waals surface area contributed by atoms with Crippen LogP contribution in [0.4, 0.5) is 0 Å². The predicted molar refractivity (Wildman–Crippen MR) is 97.9 cm³/mol. The number of halogens is 1. The van der Waals surface area contributed by atoms with Crippen molar-refractivity contribution in [3.63, 3.8) is 0 Å². The number of aryl methyl sites for hydroxylation is 2. The lowest BCUT2D eigenvalue weighted by molar-refractivity contribution is 0.270. The van der Waals surface area contributed by atoms with E-state index in [-0.39, 0.29) is 12.4 Å². The van der Waals surface area contributed by atoms with E-state index in [1.165, 1.54) is 5.56 Å². The molecule has 1 fully saturated rings. The Morgan fingerprint density at radius 3 is 2.26 bits per heavy atom. The number of benzene rings is 1. The lowest BCUT2D eigenvalue weighted by Crippen LogP contribution is -2.40. The van der Waals surface area contributed by atoms with Gasteiger partial charge in [0.1, 0.15) is 0 Å². The molecule has 0 spiro atoms. The summed E-state index contributed by atoms with van der Waals surface area (Å²) in [6.45, 7) is 6.42. The molecule has 0 atom stereocenters. The molecule has 2 rings (SSSR count). The molecule has 6 heteroatoms. The maximum atomic E-state index is 12.8. The van der Waals surface area contributed by atoms with Crippen LogP contribution < -0.4 is 5.32 Å². The van der Waals surface area contributed by atoms with Crippen LogP contribution in [0.25, 0.3) is 0 Å². The molecule has 1 heterocycles. The van der Waals surface area contributed by atoms with Crippen LogP contribution in [0.1, 0.15) is 37.8 Å². The zero-order chi connectivity index (χ0) is 16.2. The fraction of sp³-hybridized carbons (Fsp3) is 0.647. The topological polar surface area (TPSA) is 49.4 Å². The molecule has 0 amide bonds. The quantitative estimate of drug-likeness (QED) is 0.848. The van der Waals surface area contributed by atoms with E-state index >= 15 is 0 Å². The molecule has 1 aliphatic rings. The van der Waals surface area contributed by atoms with E-state index < -0.39 is 10.0 Å². The third kappa shape index (κ3) is 4.69. The van der Waals surface area contributed by atoms with Gasteiger partial charge in [0.25, 0.3) is 0 Å². The molecule has 1 N–H and O–H groups in total. The van der Waals surface area contributed by atoms with E-state index in [0.717, 1.165) is 37.8 Å². The van der Waals surface area contributed by atoms with Crippen LogP contribution in [-0.2, 0) is 22.9 Å². The largest absolute Gasteiger partial charge is 0.319 e. The van der Waals surface area contributed by atoms with E-state index in [0.29, 0.717) is 23.9 Å². The maximum absolute atomic E-state index is 12.8. The second-order valence-corrected chi connectivity index (χ2v) is 7.98. The highest BCUT2D eigenvalue weighted by Gasteiger charge is 2.29. The van der Waals surface area contributed by atoms with Gasteiger partial charge in [-0.3, -0.25) is 0 Å². The molecular weight excluding hydrogens is 332 g/mol. The van der Waals surface area contributed by atoms with Gasteiger partial charge in [0.15, 0.2) is 0 Å². The van der Waals surface area contributed by atoms with E-state index in [1.54, 1.807) is 10.4 Å². The van der Waals surface area contributed by atoms with Crippen LogP contribution in [0.3, 0.4) is 0 Å². The smallest absolute Gasteiger partial charge is 0.243 e. The first-order valence-electron chi connectivity index (χ1n) is 8.29. The van der Waals surface area contributed by atoms with Crippen LogP contribution in [0.15, 0.2) is 23.1 Å². The van der Waals surface area contributed by atoms with Gasteiger partial charge < -0.3 is 5.32 Å². The van der Waals surface area contributed by atoms with E-state index in [2.05, 4.69) is 19.2 Å². The lowest BCUT2D eigenvalue weighted by Gasteiger charge is -2.31. The molecule has 23 heavy (non-hydrogen) atoms.